The number of aromatic amines is 1. The first kappa shape index (κ1) is 24.9. The van der Waals surface area contributed by atoms with E-state index in [1.807, 2.05) is 13.8 Å². The van der Waals surface area contributed by atoms with E-state index >= 15 is 0 Å². The molecule has 2 fully saturated rings. The number of nitrogens with zero attached hydrogens (tertiary/aromatic N) is 4. The lowest BCUT2D eigenvalue weighted by Gasteiger charge is -2.30. The van der Waals surface area contributed by atoms with E-state index in [0.717, 1.165) is 31.5 Å². The third-order valence-corrected chi connectivity index (χ3v) is 9.29. The number of imidazole rings is 1. The fourth-order valence-corrected chi connectivity index (χ4v) is 6.88. The number of fused-ring (bicyclic) bond motifs is 1. The van der Waals surface area contributed by atoms with Gasteiger partial charge in [-0.05, 0) is 63.6 Å². The second-order valence-corrected chi connectivity index (χ2v) is 11.7. The van der Waals surface area contributed by atoms with E-state index in [-0.39, 0.29) is 34.7 Å². The molecule has 2 aromatic heterocycles. The number of ether oxygens (including phenoxy) is 1. The minimum absolute atomic E-state index is 0.0686. The monoisotopic (exact) mass is 515 g/mol. The molecule has 1 saturated heterocycles. The third kappa shape index (κ3) is 4.44. The number of aryl methyl sites for hydroxylation is 1. The zero-order valence-corrected chi connectivity index (χ0v) is 21.6. The van der Waals surface area contributed by atoms with Crippen LogP contribution in [0.1, 0.15) is 62.9 Å². The van der Waals surface area contributed by atoms with Crippen molar-refractivity contribution in [1.82, 2.24) is 23.9 Å². The standard InChI is InChI=1S/C25H33N5O5S/c1-3-35-21-9-8-19(36(33,34)29-12-10-17(15-31)11-13-29)14-20(21)23-27-25(32)22-16(2)26-24(30(22)28-23)18-6-4-5-7-18/h8-9,14,17-18,31H,3-7,10-13,15H2,1-2H3,(H,27,28,32). The van der Waals surface area contributed by atoms with Crippen LogP contribution in [-0.4, -0.2) is 63.7 Å². The lowest BCUT2D eigenvalue weighted by atomic mass is 10.00. The zero-order valence-electron chi connectivity index (χ0n) is 20.7. The fourth-order valence-electron chi connectivity index (χ4n) is 5.38. The first-order valence-electron chi connectivity index (χ1n) is 12.7. The van der Waals surface area contributed by atoms with E-state index in [9.17, 15) is 18.3 Å². The quantitative estimate of drug-likeness (QED) is 0.495. The molecule has 10 nitrogen and oxygen atoms in total. The Morgan fingerprint density at radius 3 is 2.56 bits per heavy atom. The van der Waals surface area contributed by atoms with Crippen LogP contribution < -0.4 is 10.3 Å². The number of H-pyrrole nitrogens is 1. The number of aromatic nitrogens is 4. The molecule has 2 N–H and O–H groups in total. The Morgan fingerprint density at radius 2 is 1.89 bits per heavy atom. The smallest absolute Gasteiger partial charge is 0.277 e. The molecule has 2 aliphatic rings. The summed E-state index contributed by atoms with van der Waals surface area (Å²) in [7, 11) is -3.77. The molecule has 1 aliphatic carbocycles. The Bertz CT molecular complexity index is 1420. The highest BCUT2D eigenvalue weighted by atomic mass is 32.2. The Labute approximate surface area is 210 Å². The maximum Gasteiger partial charge on any atom is 0.277 e. The van der Waals surface area contributed by atoms with Crippen LogP contribution in [0, 0.1) is 12.8 Å². The minimum atomic E-state index is -3.77. The molecule has 194 valence electrons. The Morgan fingerprint density at radius 1 is 1.17 bits per heavy atom. The lowest BCUT2D eigenvalue weighted by molar-refractivity contribution is 0.170. The average molecular weight is 516 g/mol. The third-order valence-electron chi connectivity index (χ3n) is 7.40. The average Bonchev–Trinajstić information content (AvgIpc) is 3.52. The molecule has 0 unspecified atom stereocenters. The number of rotatable bonds is 7. The van der Waals surface area contributed by atoms with Crippen molar-refractivity contribution in [2.75, 3.05) is 26.3 Å². The van der Waals surface area contributed by atoms with Gasteiger partial charge in [0, 0.05) is 25.6 Å². The van der Waals surface area contributed by atoms with E-state index in [4.69, 9.17) is 9.84 Å². The molecule has 0 atom stereocenters. The van der Waals surface area contributed by atoms with Gasteiger partial charge in [0.05, 0.1) is 22.8 Å². The number of benzene rings is 1. The molecule has 36 heavy (non-hydrogen) atoms. The highest BCUT2D eigenvalue weighted by Crippen LogP contribution is 2.35. The van der Waals surface area contributed by atoms with Crippen molar-refractivity contribution < 1.29 is 18.3 Å². The first-order chi connectivity index (χ1) is 17.3. The SMILES string of the molecule is CCOc1ccc(S(=O)(=O)N2CCC(CO)CC2)cc1-c1nn2c(C3CCCC3)nc(C)c2c(=O)[nH]1. The predicted octanol–water partition coefficient (Wildman–Crippen LogP) is 2.84. The molecule has 0 radical (unpaired) electrons. The van der Waals surface area contributed by atoms with Crippen molar-refractivity contribution in [3.63, 3.8) is 0 Å². The number of piperidine rings is 1. The molecule has 0 spiro atoms. The van der Waals surface area contributed by atoms with E-state index in [0.29, 0.717) is 55.1 Å². The molecule has 3 heterocycles. The highest BCUT2D eigenvalue weighted by molar-refractivity contribution is 7.89. The van der Waals surface area contributed by atoms with E-state index in [1.54, 1.807) is 10.6 Å². The summed E-state index contributed by atoms with van der Waals surface area (Å²) in [6.45, 7) is 4.81. The summed E-state index contributed by atoms with van der Waals surface area (Å²) in [6.07, 6.45) is 5.50. The minimum Gasteiger partial charge on any atom is -0.493 e. The van der Waals surface area contributed by atoms with Crippen molar-refractivity contribution in [3.8, 4) is 17.1 Å². The summed E-state index contributed by atoms with van der Waals surface area (Å²) < 4.78 is 35.8. The Hall–Kier alpha value is -2.76. The van der Waals surface area contributed by atoms with Crippen LogP contribution in [-0.2, 0) is 10.0 Å². The van der Waals surface area contributed by atoms with Gasteiger partial charge in [-0.25, -0.2) is 17.9 Å². The molecule has 0 amide bonds. The largest absolute Gasteiger partial charge is 0.493 e. The molecule has 11 heteroatoms. The van der Waals surface area contributed by atoms with E-state index in [2.05, 4.69) is 9.97 Å². The maximum atomic E-state index is 13.5. The molecule has 3 aromatic rings. The lowest BCUT2D eigenvalue weighted by Crippen LogP contribution is -2.39. The zero-order chi connectivity index (χ0) is 25.4. The first-order valence-corrected chi connectivity index (χ1v) is 14.1. The summed E-state index contributed by atoms with van der Waals surface area (Å²) in [5, 5.41) is 14.2. The number of aliphatic hydroxyl groups is 1. The molecule has 1 aliphatic heterocycles. The van der Waals surface area contributed by atoms with Crippen molar-refractivity contribution >= 4 is 15.5 Å². The molecule has 0 bridgehead atoms. The normalized spacial score (nSPS) is 18.3. The number of sulfonamides is 1. The molecular formula is C25H33N5O5S. The highest BCUT2D eigenvalue weighted by Gasteiger charge is 2.31. The Kier molecular flexibility index (Phi) is 6.88. The second kappa shape index (κ2) is 9.95. The second-order valence-electron chi connectivity index (χ2n) is 9.72. The summed E-state index contributed by atoms with van der Waals surface area (Å²) in [5.41, 5.74) is 1.13. The van der Waals surface area contributed by atoms with Gasteiger partial charge < -0.3 is 14.8 Å². The molecule has 1 aromatic carbocycles. The van der Waals surface area contributed by atoms with Gasteiger partial charge >= 0.3 is 0 Å². The number of hydrogen-bond donors (Lipinski definition) is 2. The van der Waals surface area contributed by atoms with Gasteiger partial charge in [-0.2, -0.15) is 4.31 Å². The number of nitrogens with one attached hydrogen (secondary N) is 1. The van der Waals surface area contributed by atoms with Gasteiger partial charge in [-0.3, -0.25) is 4.79 Å². The summed E-state index contributed by atoms with van der Waals surface area (Å²) >= 11 is 0. The summed E-state index contributed by atoms with van der Waals surface area (Å²) in [5.74, 6) is 1.83. The summed E-state index contributed by atoms with van der Waals surface area (Å²) in [4.78, 5) is 20.8. The van der Waals surface area contributed by atoms with Crippen LogP contribution in [0.5, 0.6) is 5.75 Å². The molecule has 1 saturated carbocycles. The summed E-state index contributed by atoms with van der Waals surface area (Å²) in [6, 6.07) is 4.68. The topological polar surface area (TPSA) is 130 Å². The Balaban J connectivity index is 1.60. The number of hydrogen-bond acceptors (Lipinski definition) is 7. The van der Waals surface area contributed by atoms with Gasteiger partial charge in [0.15, 0.2) is 11.3 Å². The van der Waals surface area contributed by atoms with E-state index in [1.165, 1.54) is 16.4 Å². The van der Waals surface area contributed by atoms with Crippen molar-refractivity contribution in [1.29, 1.82) is 0 Å². The van der Waals surface area contributed by atoms with Gasteiger partial charge in [0.1, 0.15) is 11.6 Å². The van der Waals surface area contributed by atoms with Gasteiger partial charge in [0.2, 0.25) is 10.0 Å². The van der Waals surface area contributed by atoms with Crippen LogP contribution in [0.25, 0.3) is 16.9 Å². The maximum absolute atomic E-state index is 13.5. The van der Waals surface area contributed by atoms with Crippen molar-refractivity contribution in [2.24, 2.45) is 5.92 Å². The molecular weight excluding hydrogens is 482 g/mol. The fraction of sp³-hybridized carbons (Fsp3) is 0.560. The predicted molar refractivity (Wildman–Crippen MR) is 135 cm³/mol. The van der Waals surface area contributed by atoms with Crippen LogP contribution in [0.4, 0.5) is 0 Å². The van der Waals surface area contributed by atoms with Crippen LogP contribution in [0.3, 0.4) is 0 Å². The van der Waals surface area contributed by atoms with Gasteiger partial charge in [-0.15, -0.1) is 5.10 Å². The van der Waals surface area contributed by atoms with Crippen LogP contribution in [0.2, 0.25) is 0 Å². The van der Waals surface area contributed by atoms with Gasteiger partial charge in [-0.1, -0.05) is 12.8 Å². The van der Waals surface area contributed by atoms with Crippen LogP contribution >= 0.6 is 0 Å². The van der Waals surface area contributed by atoms with Crippen LogP contribution in [0.15, 0.2) is 27.9 Å². The number of aliphatic hydroxyl groups excluding tert-OH is 1. The molecule has 5 rings (SSSR count). The van der Waals surface area contributed by atoms with Gasteiger partial charge in [0.25, 0.3) is 5.56 Å². The van der Waals surface area contributed by atoms with Crippen molar-refractivity contribution in [3.05, 3.63) is 40.1 Å². The van der Waals surface area contributed by atoms with Crippen molar-refractivity contribution in [2.45, 2.75) is 63.2 Å². The van der Waals surface area contributed by atoms with E-state index < -0.39 is 10.0 Å².